The average molecular weight is 290 g/mol. The van der Waals surface area contributed by atoms with Crippen LogP contribution in [0.2, 0.25) is 0 Å². The summed E-state index contributed by atoms with van der Waals surface area (Å²) in [7, 11) is 0. The molecule has 16 heavy (non-hydrogen) atoms. The van der Waals surface area contributed by atoms with Crippen molar-refractivity contribution in [2.75, 3.05) is 6.61 Å². The summed E-state index contributed by atoms with van der Waals surface area (Å²) in [6.45, 7) is 3.94. The van der Waals surface area contributed by atoms with Crippen molar-refractivity contribution in [3.8, 4) is 0 Å². The zero-order valence-corrected chi connectivity index (χ0v) is 11.1. The molecule has 0 heterocycles. The topological polar surface area (TPSA) is 32.3 Å². The Labute approximate surface area is 104 Å². The summed E-state index contributed by atoms with van der Waals surface area (Å²) in [5, 5.41) is 12.3. The maximum absolute atomic E-state index is 13.6. The third kappa shape index (κ3) is 3.54. The van der Waals surface area contributed by atoms with Crippen molar-refractivity contribution >= 4 is 15.9 Å². The lowest BCUT2D eigenvalue weighted by Gasteiger charge is -2.21. The molecular formula is C12H17BrFNO. The van der Waals surface area contributed by atoms with Crippen molar-refractivity contribution in [1.29, 1.82) is 0 Å². The van der Waals surface area contributed by atoms with Crippen LogP contribution in [0.4, 0.5) is 4.39 Å². The molecule has 90 valence electrons. The molecular weight excluding hydrogens is 273 g/mol. The van der Waals surface area contributed by atoms with E-state index in [1.165, 1.54) is 6.07 Å². The summed E-state index contributed by atoms with van der Waals surface area (Å²) in [6.07, 6.45) is 0.816. The molecule has 1 aromatic carbocycles. The van der Waals surface area contributed by atoms with Gasteiger partial charge < -0.3 is 10.4 Å². The van der Waals surface area contributed by atoms with Crippen molar-refractivity contribution in [3.63, 3.8) is 0 Å². The molecule has 0 spiro atoms. The van der Waals surface area contributed by atoms with Gasteiger partial charge in [0.2, 0.25) is 0 Å². The van der Waals surface area contributed by atoms with Gasteiger partial charge in [-0.15, -0.1) is 0 Å². The molecule has 0 saturated heterocycles. The molecule has 4 heteroatoms. The molecule has 1 aromatic rings. The van der Waals surface area contributed by atoms with Gasteiger partial charge in [0.15, 0.2) is 0 Å². The smallest absolute Gasteiger partial charge is 0.128 e. The summed E-state index contributed by atoms with van der Waals surface area (Å²) in [6, 6.07) is 4.77. The Hall–Kier alpha value is -0.450. The monoisotopic (exact) mass is 289 g/mol. The van der Waals surface area contributed by atoms with Crippen LogP contribution >= 0.6 is 15.9 Å². The van der Waals surface area contributed by atoms with Gasteiger partial charge >= 0.3 is 0 Å². The van der Waals surface area contributed by atoms with E-state index in [0.29, 0.717) is 5.56 Å². The summed E-state index contributed by atoms with van der Waals surface area (Å²) >= 11 is 3.32. The highest BCUT2D eigenvalue weighted by Crippen LogP contribution is 2.22. The molecule has 0 aliphatic carbocycles. The molecule has 0 fully saturated rings. The molecule has 0 aliphatic rings. The predicted octanol–water partition coefficient (Wildman–Crippen LogP) is 3.01. The fraction of sp³-hybridized carbons (Fsp3) is 0.500. The second kappa shape index (κ2) is 6.33. The number of halogens is 2. The van der Waals surface area contributed by atoms with Crippen LogP contribution in [0.25, 0.3) is 0 Å². The van der Waals surface area contributed by atoms with Gasteiger partial charge in [0.1, 0.15) is 5.82 Å². The van der Waals surface area contributed by atoms with Crippen LogP contribution < -0.4 is 5.32 Å². The highest BCUT2D eigenvalue weighted by molar-refractivity contribution is 9.10. The van der Waals surface area contributed by atoms with Crippen LogP contribution in [0.5, 0.6) is 0 Å². The fourth-order valence-corrected chi connectivity index (χ4v) is 1.97. The van der Waals surface area contributed by atoms with Gasteiger partial charge in [-0.3, -0.25) is 0 Å². The molecule has 2 nitrogen and oxygen atoms in total. The van der Waals surface area contributed by atoms with E-state index in [0.717, 1.165) is 10.9 Å². The minimum absolute atomic E-state index is 0.00776. The predicted molar refractivity (Wildman–Crippen MR) is 66.8 cm³/mol. The first-order chi connectivity index (χ1) is 7.58. The van der Waals surface area contributed by atoms with E-state index in [9.17, 15) is 4.39 Å². The molecule has 0 radical (unpaired) electrons. The van der Waals surface area contributed by atoms with Gasteiger partial charge in [-0.05, 0) is 31.5 Å². The molecule has 0 saturated carbocycles. The Kier molecular flexibility index (Phi) is 5.38. The Bertz CT molecular complexity index is 342. The Morgan fingerprint density at radius 2 is 2.19 bits per heavy atom. The normalized spacial score (nSPS) is 14.8. The van der Waals surface area contributed by atoms with E-state index in [2.05, 4.69) is 21.2 Å². The highest BCUT2D eigenvalue weighted by atomic mass is 79.9. The molecule has 1 rings (SSSR count). The number of rotatable bonds is 5. The first kappa shape index (κ1) is 13.6. The lowest BCUT2D eigenvalue weighted by molar-refractivity contribution is 0.229. The zero-order chi connectivity index (χ0) is 12.1. The van der Waals surface area contributed by atoms with Gasteiger partial charge in [-0.2, -0.15) is 0 Å². The van der Waals surface area contributed by atoms with E-state index < -0.39 is 0 Å². The third-order valence-electron chi connectivity index (χ3n) is 2.62. The van der Waals surface area contributed by atoms with Crippen LogP contribution in [0.15, 0.2) is 22.7 Å². The van der Waals surface area contributed by atoms with Gasteiger partial charge in [-0.25, -0.2) is 4.39 Å². The minimum atomic E-state index is -0.226. The molecule has 0 aromatic heterocycles. The first-order valence-corrected chi connectivity index (χ1v) is 6.19. The SMILES string of the molecule is CCC(CO)NC(C)c1cc(Br)ccc1F. The average Bonchev–Trinajstić information content (AvgIpc) is 2.28. The van der Waals surface area contributed by atoms with Crippen LogP contribution in [0.1, 0.15) is 31.9 Å². The number of hydrogen-bond donors (Lipinski definition) is 2. The first-order valence-electron chi connectivity index (χ1n) is 5.40. The Balaban J connectivity index is 2.79. The van der Waals surface area contributed by atoms with Crippen LogP contribution in [0.3, 0.4) is 0 Å². The maximum Gasteiger partial charge on any atom is 0.128 e. The Morgan fingerprint density at radius 1 is 1.50 bits per heavy atom. The lowest BCUT2D eigenvalue weighted by Crippen LogP contribution is -2.34. The van der Waals surface area contributed by atoms with Gasteiger partial charge in [0, 0.05) is 22.1 Å². The molecule has 0 bridgehead atoms. The van der Waals surface area contributed by atoms with Crippen LogP contribution in [-0.4, -0.2) is 17.8 Å². The van der Waals surface area contributed by atoms with E-state index >= 15 is 0 Å². The van der Waals surface area contributed by atoms with Gasteiger partial charge in [-0.1, -0.05) is 22.9 Å². The summed E-state index contributed by atoms with van der Waals surface area (Å²) in [5.41, 5.74) is 0.612. The second-order valence-corrected chi connectivity index (χ2v) is 4.76. The van der Waals surface area contributed by atoms with E-state index in [-0.39, 0.29) is 24.5 Å². The van der Waals surface area contributed by atoms with Crippen molar-refractivity contribution < 1.29 is 9.50 Å². The number of benzene rings is 1. The number of nitrogens with one attached hydrogen (secondary N) is 1. The highest BCUT2D eigenvalue weighted by Gasteiger charge is 2.14. The number of hydrogen-bond acceptors (Lipinski definition) is 2. The van der Waals surface area contributed by atoms with E-state index in [4.69, 9.17) is 5.11 Å². The summed E-state index contributed by atoms with van der Waals surface area (Å²) in [5.74, 6) is -0.226. The third-order valence-corrected chi connectivity index (χ3v) is 3.12. The lowest BCUT2D eigenvalue weighted by atomic mass is 10.1. The van der Waals surface area contributed by atoms with E-state index in [1.54, 1.807) is 12.1 Å². The zero-order valence-electron chi connectivity index (χ0n) is 9.50. The quantitative estimate of drug-likeness (QED) is 0.873. The maximum atomic E-state index is 13.6. The fourth-order valence-electron chi connectivity index (χ4n) is 1.59. The molecule has 2 unspecified atom stereocenters. The summed E-state index contributed by atoms with van der Waals surface area (Å²) < 4.78 is 14.4. The summed E-state index contributed by atoms with van der Waals surface area (Å²) in [4.78, 5) is 0. The largest absolute Gasteiger partial charge is 0.395 e. The number of aliphatic hydroxyl groups is 1. The van der Waals surface area contributed by atoms with Crippen molar-refractivity contribution in [2.24, 2.45) is 0 Å². The molecule has 0 aliphatic heterocycles. The van der Waals surface area contributed by atoms with Crippen molar-refractivity contribution in [2.45, 2.75) is 32.4 Å². The van der Waals surface area contributed by atoms with Gasteiger partial charge in [0.05, 0.1) is 6.61 Å². The number of aliphatic hydroxyl groups excluding tert-OH is 1. The molecule has 0 amide bonds. The Morgan fingerprint density at radius 3 is 2.75 bits per heavy atom. The minimum Gasteiger partial charge on any atom is -0.395 e. The molecule has 2 atom stereocenters. The van der Waals surface area contributed by atoms with Crippen molar-refractivity contribution in [3.05, 3.63) is 34.1 Å². The van der Waals surface area contributed by atoms with Crippen molar-refractivity contribution in [1.82, 2.24) is 5.32 Å². The second-order valence-electron chi connectivity index (χ2n) is 3.84. The van der Waals surface area contributed by atoms with E-state index in [1.807, 2.05) is 13.8 Å². The van der Waals surface area contributed by atoms with Crippen LogP contribution in [-0.2, 0) is 0 Å². The van der Waals surface area contributed by atoms with Crippen LogP contribution in [0, 0.1) is 5.82 Å². The standard InChI is InChI=1S/C12H17BrFNO/c1-3-10(7-16)15-8(2)11-6-9(13)4-5-12(11)14/h4-6,8,10,15-16H,3,7H2,1-2H3. The van der Waals surface area contributed by atoms with Gasteiger partial charge in [0.25, 0.3) is 0 Å². The molecule has 2 N–H and O–H groups in total.